The van der Waals surface area contributed by atoms with Crippen LogP contribution >= 0.6 is 34.5 Å². The molecule has 0 unspecified atom stereocenters. The largest absolute Gasteiger partial charge is 0.477 e. The van der Waals surface area contributed by atoms with E-state index in [4.69, 9.17) is 23.2 Å². The molecule has 0 atom stereocenters. The van der Waals surface area contributed by atoms with Crippen molar-refractivity contribution in [2.24, 2.45) is 0 Å². The van der Waals surface area contributed by atoms with E-state index in [1.807, 2.05) is 11.8 Å². The fourth-order valence-corrected chi connectivity index (χ4v) is 4.86. The number of piperidine rings is 1. The third kappa shape index (κ3) is 4.43. The van der Waals surface area contributed by atoms with Gasteiger partial charge >= 0.3 is 5.97 Å². The molecular formula is C20H20Cl2N6O3S. The Morgan fingerprint density at radius 1 is 1.19 bits per heavy atom. The van der Waals surface area contributed by atoms with Gasteiger partial charge in [-0.3, -0.25) is 14.8 Å². The monoisotopic (exact) mass is 494 g/mol. The summed E-state index contributed by atoms with van der Waals surface area (Å²) >= 11 is 13.3. The molecule has 1 fully saturated rings. The molecule has 3 aromatic heterocycles. The van der Waals surface area contributed by atoms with E-state index in [2.05, 4.69) is 25.3 Å². The first-order valence-corrected chi connectivity index (χ1v) is 11.4. The van der Waals surface area contributed by atoms with Crippen LogP contribution in [0.25, 0.3) is 11.4 Å². The summed E-state index contributed by atoms with van der Waals surface area (Å²) in [7, 11) is 0. The molecule has 12 heteroatoms. The Morgan fingerprint density at radius 3 is 2.47 bits per heavy atom. The van der Waals surface area contributed by atoms with Crippen LogP contribution in [0.1, 0.15) is 44.4 Å². The molecule has 168 valence electrons. The summed E-state index contributed by atoms with van der Waals surface area (Å²) in [5, 5.41) is 13.8. The molecule has 0 radical (unpaired) electrons. The molecule has 0 aliphatic carbocycles. The maximum Gasteiger partial charge on any atom is 0.348 e. The molecule has 1 aliphatic rings. The first-order valence-electron chi connectivity index (χ1n) is 9.87. The van der Waals surface area contributed by atoms with Gasteiger partial charge in [-0.25, -0.2) is 9.78 Å². The van der Waals surface area contributed by atoms with E-state index in [0.717, 1.165) is 17.0 Å². The molecule has 0 aromatic carbocycles. The van der Waals surface area contributed by atoms with Crippen LogP contribution in [0.15, 0.2) is 12.4 Å². The van der Waals surface area contributed by atoms with E-state index in [1.165, 1.54) is 6.20 Å². The van der Waals surface area contributed by atoms with Gasteiger partial charge in [0, 0.05) is 31.0 Å². The standard InChI is InChI=1S/C20H20Cl2N6O3S/c1-9-7-24-12(8-23-9)15-17(19(30)31)32-20(27-15)28-5-3-11(4-6-28)26-18(29)16-14(22)13(21)10(2)25-16/h7-8,11,25H,3-6H2,1-2H3,(H,26,29)(H,30,31). The minimum atomic E-state index is -1.05. The fraction of sp³-hybridized carbons (Fsp3) is 0.350. The van der Waals surface area contributed by atoms with Gasteiger partial charge in [0.2, 0.25) is 0 Å². The summed E-state index contributed by atoms with van der Waals surface area (Å²) in [5.41, 5.74) is 2.38. The zero-order chi connectivity index (χ0) is 23.0. The van der Waals surface area contributed by atoms with Crippen molar-refractivity contribution in [2.75, 3.05) is 18.0 Å². The molecule has 0 spiro atoms. The van der Waals surface area contributed by atoms with Gasteiger partial charge in [-0.2, -0.15) is 0 Å². The fourth-order valence-electron chi connectivity index (χ4n) is 3.48. The number of anilines is 1. The van der Waals surface area contributed by atoms with Crippen LogP contribution in [0.2, 0.25) is 10.0 Å². The number of aromatic carboxylic acids is 1. The van der Waals surface area contributed by atoms with Gasteiger partial charge in [-0.05, 0) is 26.7 Å². The number of carbonyl (C=O) groups is 2. The summed E-state index contributed by atoms with van der Waals surface area (Å²) in [6, 6.07) is -0.0430. The summed E-state index contributed by atoms with van der Waals surface area (Å²) in [6.07, 6.45) is 4.47. The number of aryl methyl sites for hydroxylation is 2. The highest BCUT2D eigenvalue weighted by molar-refractivity contribution is 7.17. The van der Waals surface area contributed by atoms with Crippen LogP contribution in [0.5, 0.6) is 0 Å². The molecule has 9 nitrogen and oxygen atoms in total. The van der Waals surface area contributed by atoms with Crippen molar-refractivity contribution < 1.29 is 14.7 Å². The lowest BCUT2D eigenvalue weighted by Gasteiger charge is -2.32. The number of carbonyl (C=O) groups excluding carboxylic acids is 1. The van der Waals surface area contributed by atoms with Gasteiger partial charge < -0.3 is 20.3 Å². The van der Waals surface area contributed by atoms with Crippen molar-refractivity contribution in [3.05, 3.63) is 44.4 Å². The predicted octanol–water partition coefficient (Wildman–Crippen LogP) is 3.95. The molecule has 1 amide bonds. The van der Waals surface area contributed by atoms with E-state index in [9.17, 15) is 14.7 Å². The Bertz CT molecular complexity index is 1170. The minimum Gasteiger partial charge on any atom is -0.477 e. The van der Waals surface area contributed by atoms with Crippen LogP contribution in [0.4, 0.5) is 5.13 Å². The number of rotatable bonds is 5. The van der Waals surface area contributed by atoms with E-state index in [1.54, 1.807) is 13.1 Å². The van der Waals surface area contributed by atoms with Crippen molar-refractivity contribution >= 4 is 51.5 Å². The average molecular weight is 495 g/mol. The second kappa shape index (κ2) is 9.05. The molecule has 3 N–H and O–H groups in total. The molecule has 4 heterocycles. The molecule has 1 saturated heterocycles. The number of aromatic amines is 1. The minimum absolute atomic E-state index is 0.0430. The van der Waals surface area contributed by atoms with Gasteiger partial charge in [0.25, 0.3) is 5.91 Å². The molecule has 32 heavy (non-hydrogen) atoms. The SMILES string of the molecule is Cc1cnc(-c2nc(N3CCC(NC(=O)c4[nH]c(C)c(Cl)c4Cl)CC3)sc2C(=O)O)cn1. The van der Waals surface area contributed by atoms with E-state index < -0.39 is 5.97 Å². The summed E-state index contributed by atoms with van der Waals surface area (Å²) in [5.74, 6) is -1.35. The third-order valence-electron chi connectivity index (χ3n) is 5.22. The lowest BCUT2D eigenvalue weighted by molar-refractivity contribution is 0.0702. The van der Waals surface area contributed by atoms with Crippen LogP contribution in [0.3, 0.4) is 0 Å². The van der Waals surface area contributed by atoms with E-state index in [0.29, 0.717) is 53.2 Å². The smallest absolute Gasteiger partial charge is 0.348 e. The number of nitrogens with one attached hydrogen (secondary N) is 2. The molecule has 3 aromatic rings. The van der Waals surface area contributed by atoms with E-state index in [-0.39, 0.29) is 27.5 Å². The number of amides is 1. The number of aromatic nitrogens is 4. The Hall–Kier alpha value is -2.69. The van der Waals surface area contributed by atoms with Crippen LogP contribution in [-0.2, 0) is 0 Å². The van der Waals surface area contributed by atoms with E-state index >= 15 is 0 Å². The average Bonchev–Trinajstić information content (AvgIpc) is 3.33. The van der Waals surface area contributed by atoms with Gasteiger partial charge in [0.05, 0.1) is 21.9 Å². The first kappa shape index (κ1) is 22.5. The van der Waals surface area contributed by atoms with Crippen molar-refractivity contribution in [3.8, 4) is 11.4 Å². The van der Waals surface area contributed by atoms with Crippen LogP contribution in [0, 0.1) is 13.8 Å². The zero-order valence-corrected chi connectivity index (χ0v) is 19.6. The third-order valence-corrected chi connectivity index (χ3v) is 7.27. The van der Waals surface area contributed by atoms with Gasteiger partial charge in [0.1, 0.15) is 22.0 Å². The summed E-state index contributed by atoms with van der Waals surface area (Å²) in [6.45, 7) is 4.80. The second-order valence-electron chi connectivity index (χ2n) is 7.51. The molecular weight excluding hydrogens is 475 g/mol. The maximum absolute atomic E-state index is 12.6. The Morgan fingerprint density at radius 2 is 1.91 bits per heavy atom. The van der Waals surface area contributed by atoms with Crippen LogP contribution < -0.4 is 10.2 Å². The molecule has 4 rings (SSSR count). The Labute approximate surface area is 197 Å². The highest BCUT2D eigenvalue weighted by Gasteiger charge is 2.28. The van der Waals surface area contributed by atoms with Crippen molar-refractivity contribution in [1.29, 1.82) is 0 Å². The number of thiazole rings is 1. The lowest BCUT2D eigenvalue weighted by atomic mass is 10.1. The maximum atomic E-state index is 12.6. The molecule has 1 aliphatic heterocycles. The van der Waals surface area contributed by atoms with Crippen LogP contribution in [-0.4, -0.2) is 56.1 Å². The summed E-state index contributed by atoms with van der Waals surface area (Å²) < 4.78 is 0. The summed E-state index contributed by atoms with van der Waals surface area (Å²) in [4.78, 5) is 42.4. The van der Waals surface area contributed by atoms with Gasteiger partial charge in [0.15, 0.2) is 5.13 Å². The number of halogens is 2. The lowest BCUT2D eigenvalue weighted by Crippen LogP contribution is -2.44. The van der Waals surface area contributed by atoms with Gasteiger partial charge in [-0.15, -0.1) is 0 Å². The first-order chi connectivity index (χ1) is 15.2. The predicted molar refractivity (Wildman–Crippen MR) is 123 cm³/mol. The number of H-pyrrole nitrogens is 1. The number of hydrogen-bond donors (Lipinski definition) is 3. The molecule has 0 bridgehead atoms. The number of carboxylic acids is 1. The Balaban J connectivity index is 1.44. The van der Waals surface area contributed by atoms with Crippen molar-refractivity contribution in [2.45, 2.75) is 32.7 Å². The number of nitrogens with zero attached hydrogens (tertiary/aromatic N) is 4. The van der Waals surface area contributed by atoms with Crippen molar-refractivity contribution in [1.82, 2.24) is 25.3 Å². The zero-order valence-electron chi connectivity index (χ0n) is 17.3. The van der Waals surface area contributed by atoms with Gasteiger partial charge in [-0.1, -0.05) is 34.5 Å². The quantitative estimate of drug-likeness (QED) is 0.490. The topological polar surface area (TPSA) is 124 Å². The number of hydrogen-bond acceptors (Lipinski definition) is 7. The number of carboxylic acid groups (broad SMARTS) is 1. The highest BCUT2D eigenvalue weighted by atomic mass is 35.5. The normalized spacial score (nSPS) is 14.6. The second-order valence-corrected chi connectivity index (χ2v) is 9.24. The van der Waals surface area contributed by atoms with Crippen molar-refractivity contribution in [3.63, 3.8) is 0 Å². The highest BCUT2D eigenvalue weighted by Crippen LogP contribution is 2.34. The Kier molecular flexibility index (Phi) is 6.36. The molecule has 0 saturated carbocycles.